The molecule has 2 amide bonds. The van der Waals surface area contributed by atoms with Gasteiger partial charge in [0.2, 0.25) is 21.8 Å². The van der Waals surface area contributed by atoms with Crippen LogP contribution in [-0.4, -0.2) is 50.5 Å². The Kier molecular flexibility index (Phi) is 8.92. The van der Waals surface area contributed by atoms with E-state index in [-0.39, 0.29) is 23.7 Å². The lowest BCUT2D eigenvalue weighted by Crippen LogP contribution is -2.51. The third-order valence-electron chi connectivity index (χ3n) is 4.93. The van der Waals surface area contributed by atoms with Gasteiger partial charge < -0.3 is 10.2 Å². The quantitative estimate of drug-likeness (QED) is 0.565. The molecule has 0 aliphatic rings. The number of nitrogens with one attached hydrogen (secondary N) is 1. The molecule has 1 N–H and O–H groups in total. The number of anilines is 1. The van der Waals surface area contributed by atoms with Gasteiger partial charge in [0.1, 0.15) is 24.2 Å². The van der Waals surface area contributed by atoms with E-state index in [4.69, 9.17) is 0 Å². The third kappa shape index (κ3) is 7.52. The summed E-state index contributed by atoms with van der Waals surface area (Å²) in [7, 11) is -3.97. The van der Waals surface area contributed by atoms with Crippen LogP contribution in [-0.2, 0) is 26.2 Å². The van der Waals surface area contributed by atoms with Crippen LogP contribution in [0.3, 0.4) is 0 Å². The van der Waals surface area contributed by atoms with E-state index in [2.05, 4.69) is 5.32 Å². The molecule has 0 saturated carbocycles. The van der Waals surface area contributed by atoms with Gasteiger partial charge in [-0.1, -0.05) is 38.1 Å². The van der Waals surface area contributed by atoms with Gasteiger partial charge >= 0.3 is 0 Å². The van der Waals surface area contributed by atoms with Gasteiger partial charge in [-0.15, -0.1) is 0 Å². The number of rotatable bonds is 10. The molecule has 10 heteroatoms. The Morgan fingerprint density at radius 2 is 1.70 bits per heavy atom. The fourth-order valence-corrected chi connectivity index (χ4v) is 3.93. The Morgan fingerprint density at radius 3 is 2.27 bits per heavy atom. The zero-order valence-electron chi connectivity index (χ0n) is 19.1. The van der Waals surface area contributed by atoms with E-state index in [1.807, 2.05) is 13.8 Å². The molecule has 33 heavy (non-hydrogen) atoms. The molecule has 2 rings (SSSR count). The number of carbonyl (C=O) groups is 2. The second-order valence-electron chi connectivity index (χ2n) is 8.18. The molecule has 0 aromatic heterocycles. The molecule has 0 spiro atoms. The van der Waals surface area contributed by atoms with Gasteiger partial charge in [0.25, 0.3) is 0 Å². The van der Waals surface area contributed by atoms with Crippen LogP contribution in [0.2, 0.25) is 0 Å². The van der Waals surface area contributed by atoms with E-state index in [1.165, 1.54) is 37.3 Å². The normalized spacial score (nSPS) is 12.3. The molecule has 0 aliphatic heterocycles. The number of hydrogen-bond acceptors (Lipinski definition) is 4. The van der Waals surface area contributed by atoms with Crippen LogP contribution < -0.4 is 9.62 Å². The lowest BCUT2D eigenvalue weighted by Gasteiger charge is -2.31. The first-order valence-corrected chi connectivity index (χ1v) is 12.3. The molecule has 1 unspecified atom stereocenters. The largest absolute Gasteiger partial charge is 0.354 e. The van der Waals surface area contributed by atoms with Gasteiger partial charge in [0.05, 0.1) is 11.9 Å². The van der Waals surface area contributed by atoms with E-state index < -0.39 is 46.1 Å². The minimum absolute atomic E-state index is 0.0337. The molecule has 0 radical (unpaired) electrons. The lowest BCUT2D eigenvalue weighted by atomic mass is 10.1. The van der Waals surface area contributed by atoms with Crippen LogP contribution in [0.25, 0.3) is 0 Å². The van der Waals surface area contributed by atoms with Gasteiger partial charge in [-0.25, -0.2) is 17.2 Å². The number of nitrogens with zero attached hydrogens (tertiary/aromatic N) is 2. The van der Waals surface area contributed by atoms with Crippen molar-refractivity contribution in [1.82, 2.24) is 10.2 Å². The zero-order chi connectivity index (χ0) is 24.8. The van der Waals surface area contributed by atoms with Crippen LogP contribution in [0.15, 0.2) is 48.5 Å². The van der Waals surface area contributed by atoms with E-state index >= 15 is 0 Å². The summed E-state index contributed by atoms with van der Waals surface area (Å²) in [4.78, 5) is 27.1. The first kappa shape index (κ1) is 26.2. The second kappa shape index (κ2) is 11.2. The number of hydrogen-bond donors (Lipinski definition) is 1. The van der Waals surface area contributed by atoms with Gasteiger partial charge in [-0.3, -0.25) is 13.9 Å². The highest BCUT2D eigenvalue weighted by molar-refractivity contribution is 7.92. The SMILES string of the molecule is CC(C)CNC(=O)C(C)N(Cc1ccccc1F)C(=O)CN(c1cccc(F)c1)S(C)(=O)=O. The Morgan fingerprint density at radius 1 is 1.03 bits per heavy atom. The molecule has 0 aliphatic carbocycles. The predicted molar refractivity (Wildman–Crippen MR) is 123 cm³/mol. The molecule has 0 saturated heterocycles. The van der Waals surface area contributed by atoms with Crippen LogP contribution in [0.5, 0.6) is 0 Å². The van der Waals surface area contributed by atoms with Crippen molar-refractivity contribution < 1.29 is 26.8 Å². The van der Waals surface area contributed by atoms with E-state index in [0.29, 0.717) is 6.54 Å². The number of benzene rings is 2. The highest BCUT2D eigenvalue weighted by atomic mass is 32.2. The smallest absolute Gasteiger partial charge is 0.244 e. The molecule has 7 nitrogen and oxygen atoms in total. The molecule has 1 atom stereocenters. The maximum Gasteiger partial charge on any atom is 0.244 e. The zero-order valence-corrected chi connectivity index (χ0v) is 19.9. The van der Waals surface area contributed by atoms with Crippen LogP contribution in [0, 0.1) is 17.6 Å². The van der Waals surface area contributed by atoms with Crippen molar-refractivity contribution in [1.29, 1.82) is 0 Å². The van der Waals surface area contributed by atoms with Crippen molar-refractivity contribution >= 4 is 27.5 Å². The highest BCUT2D eigenvalue weighted by Gasteiger charge is 2.30. The highest BCUT2D eigenvalue weighted by Crippen LogP contribution is 2.20. The van der Waals surface area contributed by atoms with Crippen molar-refractivity contribution in [3.8, 4) is 0 Å². The lowest BCUT2D eigenvalue weighted by molar-refractivity contribution is -0.139. The van der Waals surface area contributed by atoms with Crippen molar-refractivity contribution in [2.24, 2.45) is 5.92 Å². The molecule has 180 valence electrons. The summed E-state index contributed by atoms with van der Waals surface area (Å²) in [6.45, 7) is 4.76. The molecule has 0 heterocycles. The Hall–Kier alpha value is -3.01. The second-order valence-corrected chi connectivity index (χ2v) is 10.1. The van der Waals surface area contributed by atoms with Gasteiger partial charge in [0, 0.05) is 18.7 Å². The summed E-state index contributed by atoms with van der Waals surface area (Å²) < 4.78 is 53.6. The van der Waals surface area contributed by atoms with Crippen LogP contribution in [0.4, 0.5) is 14.5 Å². The van der Waals surface area contributed by atoms with Crippen molar-refractivity contribution in [2.45, 2.75) is 33.4 Å². The maximum atomic E-state index is 14.3. The summed E-state index contributed by atoms with van der Waals surface area (Å²) in [6, 6.07) is 9.63. The Labute approximate surface area is 193 Å². The minimum atomic E-state index is -3.97. The van der Waals surface area contributed by atoms with E-state index in [0.717, 1.165) is 27.6 Å². The van der Waals surface area contributed by atoms with Gasteiger partial charge in [-0.2, -0.15) is 0 Å². The number of carbonyl (C=O) groups excluding carboxylic acids is 2. The maximum absolute atomic E-state index is 14.3. The molecule has 0 bridgehead atoms. The van der Waals surface area contributed by atoms with Crippen molar-refractivity contribution in [3.05, 3.63) is 65.7 Å². The van der Waals surface area contributed by atoms with Crippen LogP contribution in [0.1, 0.15) is 26.3 Å². The van der Waals surface area contributed by atoms with Crippen LogP contribution >= 0.6 is 0 Å². The Bertz CT molecular complexity index is 1090. The average Bonchev–Trinajstić information content (AvgIpc) is 2.73. The first-order chi connectivity index (χ1) is 15.4. The summed E-state index contributed by atoms with van der Waals surface area (Å²) in [5.74, 6) is -2.25. The molecular formula is C23H29F2N3O4S. The topological polar surface area (TPSA) is 86.8 Å². The molecule has 2 aromatic rings. The fourth-order valence-electron chi connectivity index (χ4n) is 3.09. The van der Waals surface area contributed by atoms with Crippen molar-refractivity contribution in [3.63, 3.8) is 0 Å². The van der Waals surface area contributed by atoms with Gasteiger partial charge in [-0.05, 0) is 37.1 Å². The summed E-state index contributed by atoms with van der Waals surface area (Å²) >= 11 is 0. The standard InChI is InChI=1S/C23H29F2N3O4S/c1-16(2)13-26-23(30)17(3)27(14-18-8-5-6-11-21(18)25)22(29)15-28(33(4,31)32)20-10-7-9-19(24)12-20/h5-12,16-17H,13-15H2,1-4H3,(H,26,30). The average molecular weight is 482 g/mol. The predicted octanol–water partition coefficient (Wildman–Crippen LogP) is 2.92. The number of halogens is 2. The Balaban J connectivity index is 2.38. The van der Waals surface area contributed by atoms with E-state index in [9.17, 15) is 26.8 Å². The summed E-state index contributed by atoms with van der Waals surface area (Å²) in [5, 5.41) is 2.73. The fraction of sp³-hybridized carbons (Fsp3) is 0.391. The third-order valence-corrected chi connectivity index (χ3v) is 6.07. The summed E-state index contributed by atoms with van der Waals surface area (Å²) in [6.07, 6.45) is 0.894. The number of sulfonamides is 1. The van der Waals surface area contributed by atoms with Gasteiger partial charge in [0.15, 0.2) is 0 Å². The summed E-state index contributed by atoms with van der Waals surface area (Å²) in [5.41, 5.74) is 0.139. The minimum Gasteiger partial charge on any atom is -0.354 e. The molecular weight excluding hydrogens is 452 g/mol. The van der Waals surface area contributed by atoms with Crippen molar-refractivity contribution in [2.75, 3.05) is 23.7 Å². The number of amides is 2. The molecule has 2 aromatic carbocycles. The first-order valence-electron chi connectivity index (χ1n) is 10.4. The van der Waals surface area contributed by atoms with E-state index in [1.54, 1.807) is 6.07 Å². The monoisotopic (exact) mass is 481 g/mol. The molecule has 0 fully saturated rings.